The van der Waals surface area contributed by atoms with E-state index in [0.29, 0.717) is 29.2 Å². The molecule has 1 amide bonds. The lowest BCUT2D eigenvalue weighted by atomic mass is 10.2. The molecule has 1 saturated heterocycles. The van der Waals surface area contributed by atoms with Crippen molar-refractivity contribution in [3.8, 4) is 11.3 Å². The van der Waals surface area contributed by atoms with Gasteiger partial charge in [0.1, 0.15) is 5.82 Å². The summed E-state index contributed by atoms with van der Waals surface area (Å²) in [5.74, 6) is 0.324. The number of nitrogens with zero attached hydrogens (tertiary/aromatic N) is 3. The highest BCUT2D eigenvalue weighted by Gasteiger charge is 2.30. The van der Waals surface area contributed by atoms with Crippen molar-refractivity contribution in [2.75, 3.05) is 26.2 Å². The predicted octanol–water partition coefficient (Wildman–Crippen LogP) is 3.15. The third kappa shape index (κ3) is 5.23. The summed E-state index contributed by atoms with van der Waals surface area (Å²) in [6.45, 7) is 2.38. The van der Waals surface area contributed by atoms with E-state index in [1.807, 2.05) is 0 Å². The van der Waals surface area contributed by atoms with Crippen LogP contribution in [0.5, 0.6) is 0 Å². The number of halogens is 1. The number of oxazole rings is 1. The van der Waals surface area contributed by atoms with Gasteiger partial charge < -0.3 is 9.32 Å². The minimum Gasteiger partial charge on any atom is -0.441 e. The maximum absolute atomic E-state index is 13.1. The van der Waals surface area contributed by atoms with Crippen LogP contribution in [0.2, 0.25) is 0 Å². The molecule has 0 radical (unpaired) electrons. The van der Waals surface area contributed by atoms with E-state index < -0.39 is 10.0 Å². The number of aryl methyl sites for hydroxylation is 1. The number of piperazine rings is 1. The Hall–Kier alpha value is -3.37. The predicted molar refractivity (Wildman–Crippen MR) is 122 cm³/mol. The summed E-state index contributed by atoms with van der Waals surface area (Å²) in [5.41, 5.74) is 1.14. The van der Waals surface area contributed by atoms with Crippen LogP contribution < -0.4 is 0 Å². The maximum Gasteiger partial charge on any atom is 0.243 e. The molecule has 3 aromatic rings. The van der Waals surface area contributed by atoms with Crippen LogP contribution in [-0.4, -0.2) is 60.5 Å². The summed E-state index contributed by atoms with van der Waals surface area (Å²) in [6.07, 6.45) is 2.03. The summed E-state index contributed by atoms with van der Waals surface area (Å²) in [6, 6.07) is 11.7. The fourth-order valence-electron chi connectivity index (χ4n) is 3.73. The van der Waals surface area contributed by atoms with Gasteiger partial charge in [0, 0.05) is 50.1 Å². The molecule has 0 atom stereocenters. The highest BCUT2D eigenvalue weighted by atomic mass is 32.2. The Morgan fingerprint density at radius 2 is 1.65 bits per heavy atom. The van der Waals surface area contributed by atoms with Crippen LogP contribution in [0.15, 0.2) is 64.0 Å². The number of carbonyl (C=O) groups excluding carboxylic acids is 2. The van der Waals surface area contributed by atoms with Gasteiger partial charge in [0.25, 0.3) is 0 Å². The molecule has 10 heteroatoms. The van der Waals surface area contributed by atoms with Crippen molar-refractivity contribution >= 4 is 21.7 Å². The normalized spacial score (nSPS) is 14.8. The molecule has 2 aromatic carbocycles. The van der Waals surface area contributed by atoms with Gasteiger partial charge in [-0.05, 0) is 43.3 Å². The fraction of sp³-hybridized carbons (Fsp3) is 0.292. The Bertz CT molecular complexity index is 1280. The first-order valence-electron chi connectivity index (χ1n) is 10.8. The molecule has 0 spiro atoms. The third-order valence-electron chi connectivity index (χ3n) is 5.72. The van der Waals surface area contributed by atoms with Crippen molar-refractivity contribution in [1.29, 1.82) is 0 Å². The fourth-order valence-corrected chi connectivity index (χ4v) is 5.16. The molecule has 0 bridgehead atoms. The zero-order valence-electron chi connectivity index (χ0n) is 18.6. The molecule has 1 aliphatic heterocycles. The van der Waals surface area contributed by atoms with E-state index in [1.165, 1.54) is 47.6 Å². The number of amides is 1. The molecule has 2 heterocycles. The van der Waals surface area contributed by atoms with Crippen molar-refractivity contribution in [2.45, 2.75) is 24.7 Å². The van der Waals surface area contributed by atoms with E-state index in [1.54, 1.807) is 23.2 Å². The summed E-state index contributed by atoms with van der Waals surface area (Å²) < 4.78 is 45.9. The lowest BCUT2D eigenvalue weighted by Crippen LogP contribution is -2.50. The molecule has 0 unspecified atom stereocenters. The van der Waals surface area contributed by atoms with Gasteiger partial charge in [-0.2, -0.15) is 4.31 Å². The van der Waals surface area contributed by atoms with Crippen LogP contribution in [0.3, 0.4) is 0 Å². The highest BCUT2D eigenvalue weighted by Crippen LogP contribution is 2.22. The van der Waals surface area contributed by atoms with E-state index in [-0.39, 0.29) is 55.0 Å². The second-order valence-electron chi connectivity index (χ2n) is 7.99. The summed E-state index contributed by atoms with van der Waals surface area (Å²) >= 11 is 0. The summed E-state index contributed by atoms with van der Waals surface area (Å²) in [5, 5.41) is 0. The smallest absolute Gasteiger partial charge is 0.243 e. The summed E-state index contributed by atoms with van der Waals surface area (Å²) in [7, 11) is -3.70. The number of carbonyl (C=O) groups is 2. The quantitative estimate of drug-likeness (QED) is 0.477. The molecule has 0 N–H and O–H groups in total. The molecular weight excluding hydrogens is 461 g/mol. The SMILES string of the molecule is CC(=O)c1ccc(S(=O)(=O)N2CCN(C(=O)CCc3ncc(-c4ccc(F)cc4)o3)CC2)cc1. The van der Waals surface area contributed by atoms with Gasteiger partial charge in [0.15, 0.2) is 17.4 Å². The Balaban J connectivity index is 1.30. The van der Waals surface area contributed by atoms with Crippen LogP contribution in [0.4, 0.5) is 4.39 Å². The first-order valence-corrected chi connectivity index (χ1v) is 12.3. The van der Waals surface area contributed by atoms with Crippen LogP contribution in [-0.2, 0) is 21.2 Å². The number of rotatable bonds is 7. The van der Waals surface area contributed by atoms with E-state index in [2.05, 4.69) is 4.98 Å². The van der Waals surface area contributed by atoms with Crippen molar-refractivity contribution in [3.05, 3.63) is 72.0 Å². The highest BCUT2D eigenvalue weighted by molar-refractivity contribution is 7.89. The number of hydrogen-bond donors (Lipinski definition) is 0. The van der Waals surface area contributed by atoms with Crippen molar-refractivity contribution in [1.82, 2.24) is 14.2 Å². The number of hydrogen-bond acceptors (Lipinski definition) is 6. The van der Waals surface area contributed by atoms with Crippen LogP contribution in [0, 0.1) is 5.82 Å². The zero-order valence-corrected chi connectivity index (χ0v) is 19.4. The minimum atomic E-state index is -3.70. The van der Waals surface area contributed by atoms with Gasteiger partial charge in [0.2, 0.25) is 15.9 Å². The van der Waals surface area contributed by atoms with Gasteiger partial charge in [-0.15, -0.1) is 0 Å². The second-order valence-corrected chi connectivity index (χ2v) is 9.93. The van der Waals surface area contributed by atoms with Crippen LogP contribution in [0.25, 0.3) is 11.3 Å². The molecule has 8 nitrogen and oxygen atoms in total. The average molecular weight is 486 g/mol. The van der Waals surface area contributed by atoms with Crippen molar-refractivity contribution in [3.63, 3.8) is 0 Å². The largest absolute Gasteiger partial charge is 0.441 e. The monoisotopic (exact) mass is 485 g/mol. The molecule has 34 heavy (non-hydrogen) atoms. The minimum absolute atomic E-state index is 0.107. The van der Waals surface area contributed by atoms with Gasteiger partial charge in [-0.3, -0.25) is 9.59 Å². The number of sulfonamides is 1. The number of benzene rings is 2. The van der Waals surface area contributed by atoms with Gasteiger partial charge >= 0.3 is 0 Å². The topological polar surface area (TPSA) is 101 Å². The molecule has 1 aliphatic rings. The van der Waals surface area contributed by atoms with Crippen molar-refractivity contribution < 1.29 is 26.8 Å². The van der Waals surface area contributed by atoms with Gasteiger partial charge in [-0.1, -0.05) is 12.1 Å². The Kier molecular flexibility index (Phi) is 6.90. The first-order chi connectivity index (χ1) is 16.2. The first kappa shape index (κ1) is 23.8. The molecule has 178 valence electrons. The Morgan fingerprint density at radius 1 is 1.00 bits per heavy atom. The lowest BCUT2D eigenvalue weighted by Gasteiger charge is -2.34. The Morgan fingerprint density at radius 3 is 2.26 bits per heavy atom. The van der Waals surface area contributed by atoms with Gasteiger partial charge in [-0.25, -0.2) is 17.8 Å². The molecule has 1 fully saturated rings. The average Bonchev–Trinajstić information content (AvgIpc) is 3.32. The molecule has 4 rings (SSSR count). The Labute approximate surface area is 197 Å². The maximum atomic E-state index is 13.1. The number of Topliss-reactive ketones (excluding diaryl/α,β-unsaturated/α-hetero) is 1. The summed E-state index contributed by atoms with van der Waals surface area (Å²) in [4.78, 5) is 30.0. The zero-order chi connectivity index (χ0) is 24.3. The van der Waals surface area contributed by atoms with E-state index >= 15 is 0 Å². The van der Waals surface area contributed by atoms with Crippen LogP contribution in [0.1, 0.15) is 29.6 Å². The number of ketones is 1. The van der Waals surface area contributed by atoms with E-state index in [0.717, 1.165) is 0 Å². The second kappa shape index (κ2) is 9.86. The molecule has 1 aromatic heterocycles. The molecule has 0 saturated carbocycles. The standard InChI is InChI=1S/C24H24FN3O5S/c1-17(29)18-4-8-21(9-5-18)34(31,32)28-14-12-27(13-15-28)24(30)11-10-23-26-16-22(33-23)19-2-6-20(25)7-3-19/h2-9,16H,10-15H2,1H3. The van der Waals surface area contributed by atoms with Crippen molar-refractivity contribution in [2.24, 2.45) is 0 Å². The third-order valence-corrected chi connectivity index (χ3v) is 7.64. The number of aromatic nitrogens is 1. The van der Waals surface area contributed by atoms with E-state index in [9.17, 15) is 22.4 Å². The molecular formula is C24H24FN3O5S. The molecule has 0 aliphatic carbocycles. The van der Waals surface area contributed by atoms with Crippen LogP contribution >= 0.6 is 0 Å². The van der Waals surface area contributed by atoms with E-state index in [4.69, 9.17) is 4.42 Å². The van der Waals surface area contributed by atoms with Gasteiger partial charge in [0.05, 0.1) is 11.1 Å². The lowest BCUT2D eigenvalue weighted by molar-refractivity contribution is -0.132.